The molecule has 8 heteroatoms. The Morgan fingerprint density at radius 2 is 1.67 bits per heavy atom. The number of ether oxygens (including phenoxy) is 1. The van der Waals surface area contributed by atoms with Crippen molar-refractivity contribution in [1.29, 1.82) is 0 Å². The molecule has 0 spiro atoms. The number of carbonyl (C=O) groups is 1. The van der Waals surface area contributed by atoms with Gasteiger partial charge in [-0.15, -0.1) is 0 Å². The zero-order valence-electron chi connectivity index (χ0n) is 15.7. The third-order valence-electron chi connectivity index (χ3n) is 3.84. The van der Waals surface area contributed by atoms with E-state index in [-0.39, 0.29) is 10.8 Å². The predicted molar refractivity (Wildman–Crippen MR) is 106 cm³/mol. The molecule has 0 aliphatic carbocycles. The van der Waals surface area contributed by atoms with Gasteiger partial charge in [-0.25, -0.2) is 8.42 Å². The lowest BCUT2D eigenvalue weighted by Gasteiger charge is -2.11. The average molecular weight is 391 g/mol. The molecule has 2 aromatic rings. The van der Waals surface area contributed by atoms with Crippen molar-refractivity contribution in [3.63, 3.8) is 0 Å². The van der Waals surface area contributed by atoms with Crippen LogP contribution in [0.15, 0.2) is 53.4 Å². The average Bonchev–Trinajstić information content (AvgIpc) is 2.65. The number of rotatable bonds is 9. The van der Waals surface area contributed by atoms with Crippen LogP contribution in [0.4, 0.5) is 5.69 Å². The highest BCUT2D eigenvalue weighted by Gasteiger charge is 2.15. The van der Waals surface area contributed by atoms with Crippen LogP contribution in [0.3, 0.4) is 0 Å². The van der Waals surface area contributed by atoms with Gasteiger partial charge < -0.3 is 15.0 Å². The van der Waals surface area contributed by atoms with Crippen molar-refractivity contribution < 1.29 is 17.9 Å². The molecule has 0 aliphatic rings. The van der Waals surface area contributed by atoms with Crippen molar-refractivity contribution >= 4 is 21.6 Å². The van der Waals surface area contributed by atoms with Gasteiger partial charge in [0.25, 0.3) is 15.9 Å². The van der Waals surface area contributed by atoms with Gasteiger partial charge in [-0.1, -0.05) is 0 Å². The van der Waals surface area contributed by atoms with E-state index in [9.17, 15) is 13.2 Å². The van der Waals surface area contributed by atoms with Crippen LogP contribution in [0.2, 0.25) is 0 Å². The van der Waals surface area contributed by atoms with Crippen molar-refractivity contribution in [2.45, 2.75) is 11.3 Å². The number of carbonyl (C=O) groups excluding carboxylic acids is 1. The van der Waals surface area contributed by atoms with Gasteiger partial charge in [0, 0.05) is 17.8 Å². The van der Waals surface area contributed by atoms with Crippen LogP contribution in [0.1, 0.15) is 16.8 Å². The molecule has 0 saturated carbocycles. The number of amides is 1. The van der Waals surface area contributed by atoms with Crippen LogP contribution in [0.5, 0.6) is 5.75 Å². The van der Waals surface area contributed by atoms with Gasteiger partial charge in [0.1, 0.15) is 5.75 Å². The summed E-state index contributed by atoms with van der Waals surface area (Å²) in [5.74, 6) is 0.416. The molecule has 0 unspecified atom stereocenters. The fourth-order valence-electron chi connectivity index (χ4n) is 2.36. The standard InChI is InChI=1S/C19H25N3O4S/c1-22(2)14-4-13-20-19(23)15-5-11-18(12-6-15)27(24,25)21-16-7-9-17(26-3)10-8-16/h5-12,21H,4,13-14H2,1-3H3,(H,20,23). The Bertz CT molecular complexity index is 848. The van der Waals surface area contributed by atoms with Gasteiger partial charge in [-0.05, 0) is 75.6 Å². The second kappa shape index (κ2) is 9.38. The first-order chi connectivity index (χ1) is 12.8. The van der Waals surface area contributed by atoms with Crippen molar-refractivity contribution in [3.05, 3.63) is 54.1 Å². The fourth-order valence-corrected chi connectivity index (χ4v) is 3.42. The largest absolute Gasteiger partial charge is 0.497 e. The number of methoxy groups -OCH3 is 1. The normalized spacial score (nSPS) is 11.3. The summed E-state index contributed by atoms with van der Waals surface area (Å²) in [5, 5.41) is 2.82. The molecule has 146 valence electrons. The highest BCUT2D eigenvalue weighted by molar-refractivity contribution is 7.92. The topological polar surface area (TPSA) is 87.7 Å². The van der Waals surface area contributed by atoms with E-state index in [1.54, 1.807) is 31.4 Å². The maximum Gasteiger partial charge on any atom is 0.261 e. The Balaban J connectivity index is 1.98. The maximum absolute atomic E-state index is 12.5. The zero-order chi connectivity index (χ0) is 19.9. The Morgan fingerprint density at radius 3 is 2.22 bits per heavy atom. The summed E-state index contributed by atoms with van der Waals surface area (Å²) < 4.78 is 32.5. The minimum atomic E-state index is -3.73. The Hall–Kier alpha value is -2.58. The number of hydrogen-bond acceptors (Lipinski definition) is 5. The van der Waals surface area contributed by atoms with E-state index in [2.05, 4.69) is 10.0 Å². The lowest BCUT2D eigenvalue weighted by Crippen LogP contribution is -2.27. The first-order valence-corrected chi connectivity index (χ1v) is 10.00. The molecule has 0 bridgehead atoms. The molecule has 2 rings (SSSR count). The van der Waals surface area contributed by atoms with Gasteiger partial charge in [0.15, 0.2) is 0 Å². The number of nitrogens with zero attached hydrogens (tertiary/aromatic N) is 1. The van der Waals surface area contributed by atoms with E-state index in [1.807, 2.05) is 19.0 Å². The van der Waals surface area contributed by atoms with Crippen molar-refractivity contribution in [2.75, 3.05) is 39.0 Å². The zero-order valence-corrected chi connectivity index (χ0v) is 16.5. The van der Waals surface area contributed by atoms with Crippen LogP contribution in [0, 0.1) is 0 Å². The number of anilines is 1. The third-order valence-corrected chi connectivity index (χ3v) is 5.23. The summed E-state index contributed by atoms with van der Waals surface area (Å²) >= 11 is 0. The molecule has 0 radical (unpaired) electrons. The van der Waals surface area contributed by atoms with E-state index >= 15 is 0 Å². The van der Waals surface area contributed by atoms with E-state index in [1.165, 1.54) is 24.3 Å². The summed E-state index contributed by atoms with van der Waals surface area (Å²) in [6, 6.07) is 12.4. The monoisotopic (exact) mass is 391 g/mol. The van der Waals surface area contributed by atoms with Crippen LogP contribution < -0.4 is 14.8 Å². The molecule has 7 nitrogen and oxygen atoms in total. The van der Waals surface area contributed by atoms with Crippen LogP contribution in [0.25, 0.3) is 0 Å². The van der Waals surface area contributed by atoms with Gasteiger partial charge in [0.05, 0.1) is 12.0 Å². The van der Waals surface area contributed by atoms with E-state index < -0.39 is 10.0 Å². The maximum atomic E-state index is 12.5. The van der Waals surface area contributed by atoms with E-state index in [0.29, 0.717) is 23.5 Å². The highest BCUT2D eigenvalue weighted by atomic mass is 32.2. The van der Waals surface area contributed by atoms with Gasteiger partial charge in [-0.3, -0.25) is 9.52 Å². The molecule has 2 N–H and O–H groups in total. The number of benzene rings is 2. The third kappa shape index (κ3) is 6.26. The first-order valence-electron chi connectivity index (χ1n) is 8.52. The molecule has 1 amide bonds. The van der Waals surface area contributed by atoms with Gasteiger partial charge in [-0.2, -0.15) is 0 Å². The molecule has 2 aromatic carbocycles. The second-order valence-corrected chi connectivity index (χ2v) is 7.95. The predicted octanol–water partition coefficient (Wildman–Crippen LogP) is 2.18. The first kappa shape index (κ1) is 20.7. The summed E-state index contributed by atoms with van der Waals surface area (Å²) in [7, 11) is 1.75. The lowest BCUT2D eigenvalue weighted by atomic mass is 10.2. The molecule has 0 aromatic heterocycles. The molecular formula is C19H25N3O4S. The SMILES string of the molecule is COc1ccc(NS(=O)(=O)c2ccc(C(=O)NCCCN(C)C)cc2)cc1. The molecule has 0 heterocycles. The van der Waals surface area contributed by atoms with Crippen molar-refractivity contribution in [1.82, 2.24) is 10.2 Å². The number of hydrogen-bond donors (Lipinski definition) is 2. The molecule has 27 heavy (non-hydrogen) atoms. The van der Waals surface area contributed by atoms with Crippen molar-refractivity contribution in [2.24, 2.45) is 0 Å². The number of sulfonamides is 1. The fraction of sp³-hybridized carbons (Fsp3) is 0.316. The van der Waals surface area contributed by atoms with Crippen LogP contribution in [-0.4, -0.2) is 53.5 Å². The quantitative estimate of drug-likeness (QED) is 0.640. The summed E-state index contributed by atoms with van der Waals surface area (Å²) in [6.45, 7) is 1.45. The Labute approximate surface area is 160 Å². The van der Waals surface area contributed by atoms with Gasteiger partial charge >= 0.3 is 0 Å². The van der Waals surface area contributed by atoms with Crippen LogP contribution in [-0.2, 0) is 10.0 Å². The smallest absolute Gasteiger partial charge is 0.261 e. The molecule has 0 saturated heterocycles. The second-order valence-electron chi connectivity index (χ2n) is 6.27. The lowest BCUT2D eigenvalue weighted by molar-refractivity contribution is 0.0952. The molecular weight excluding hydrogens is 366 g/mol. The highest BCUT2D eigenvalue weighted by Crippen LogP contribution is 2.19. The van der Waals surface area contributed by atoms with Gasteiger partial charge in [0.2, 0.25) is 0 Å². The van der Waals surface area contributed by atoms with Crippen molar-refractivity contribution in [3.8, 4) is 5.75 Å². The summed E-state index contributed by atoms with van der Waals surface area (Å²) in [6.07, 6.45) is 0.844. The number of nitrogens with one attached hydrogen (secondary N) is 2. The summed E-state index contributed by atoms with van der Waals surface area (Å²) in [4.78, 5) is 14.2. The molecule has 0 fully saturated rings. The summed E-state index contributed by atoms with van der Waals surface area (Å²) in [5.41, 5.74) is 0.849. The Kier molecular flexibility index (Phi) is 7.20. The molecule has 0 aliphatic heterocycles. The molecule has 0 atom stereocenters. The minimum absolute atomic E-state index is 0.0856. The minimum Gasteiger partial charge on any atom is -0.497 e. The van der Waals surface area contributed by atoms with E-state index in [0.717, 1.165) is 13.0 Å². The van der Waals surface area contributed by atoms with Crippen LogP contribution >= 0.6 is 0 Å². The Morgan fingerprint density at radius 1 is 1.04 bits per heavy atom. The van der Waals surface area contributed by atoms with E-state index in [4.69, 9.17) is 4.74 Å².